The third kappa shape index (κ3) is 2.30. The van der Waals surface area contributed by atoms with Crippen molar-refractivity contribution in [1.82, 2.24) is 0 Å². The molecule has 2 rings (SSSR count). The summed E-state index contributed by atoms with van der Waals surface area (Å²) >= 11 is 6.28. The molecule has 0 saturated heterocycles. The summed E-state index contributed by atoms with van der Waals surface area (Å²) in [6, 6.07) is 1.80. The summed E-state index contributed by atoms with van der Waals surface area (Å²) in [5, 5.41) is 0.508. The van der Waals surface area contributed by atoms with Crippen molar-refractivity contribution >= 4 is 17.7 Å². The number of hydrogen-bond acceptors (Lipinski definition) is 4. The zero-order valence-electron chi connectivity index (χ0n) is 12.0. The van der Waals surface area contributed by atoms with E-state index in [9.17, 15) is 4.79 Å². The van der Waals surface area contributed by atoms with Crippen LogP contribution in [-0.4, -0.2) is 20.3 Å². The van der Waals surface area contributed by atoms with Crippen LogP contribution in [0.2, 0.25) is 5.02 Å². The monoisotopic (exact) mass is 295 g/mol. The van der Waals surface area contributed by atoms with E-state index in [0.717, 1.165) is 36.8 Å². The predicted molar refractivity (Wildman–Crippen MR) is 77.6 cm³/mol. The van der Waals surface area contributed by atoms with Crippen LogP contribution < -0.4 is 9.47 Å². The molecule has 0 amide bonds. The number of methoxy groups -OCH3 is 2. The molecule has 0 spiro atoms. The molecule has 1 aromatic carbocycles. The number of ether oxygens (including phenoxy) is 2. The van der Waals surface area contributed by atoms with Gasteiger partial charge in [0, 0.05) is 11.1 Å². The standard InChI is InChI=1S/C15H18ClNO3/c1-10-13(19-2)11(8-12(16)14(10)20-3)15(17-9-18)6-4-5-7-15/h8H,4-7H2,1-3H3. The van der Waals surface area contributed by atoms with Crippen molar-refractivity contribution in [2.24, 2.45) is 4.99 Å². The SMILES string of the molecule is COc1c(Cl)cc(C2(N=C=O)CCCC2)c(OC)c1C. The van der Waals surface area contributed by atoms with Crippen molar-refractivity contribution in [2.75, 3.05) is 14.2 Å². The number of isocyanates is 1. The molecule has 1 aromatic rings. The average Bonchev–Trinajstić information content (AvgIpc) is 2.89. The number of hydrogen-bond donors (Lipinski definition) is 0. The van der Waals surface area contributed by atoms with Gasteiger partial charge in [-0.2, -0.15) is 4.99 Å². The van der Waals surface area contributed by atoms with Gasteiger partial charge >= 0.3 is 0 Å². The molecule has 1 saturated carbocycles. The quantitative estimate of drug-likeness (QED) is 0.627. The molecule has 0 radical (unpaired) electrons. The Morgan fingerprint density at radius 2 is 1.85 bits per heavy atom. The minimum atomic E-state index is -0.562. The third-order valence-corrected chi connectivity index (χ3v) is 4.29. The van der Waals surface area contributed by atoms with E-state index in [1.165, 1.54) is 0 Å². The molecule has 20 heavy (non-hydrogen) atoms. The summed E-state index contributed by atoms with van der Waals surface area (Å²) in [4.78, 5) is 14.9. The highest BCUT2D eigenvalue weighted by atomic mass is 35.5. The molecule has 4 nitrogen and oxygen atoms in total. The van der Waals surface area contributed by atoms with E-state index in [0.29, 0.717) is 16.5 Å². The van der Waals surface area contributed by atoms with Gasteiger partial charge in [0.25, 0.3) is 0 Å². The van der Waals surface area contributed by atoms with Crippen LogP contribution in [-0.2, 0) is 10.3 Å². The lowest BCUT2D eigenvalue weighted by molar-refractivity contribution is 0.365. The number of aliphatic imine (C=N–C) groups is 1. The Bertz CT molecular complexity index is 559. The molecule has 1 aliphatic carbocycles. The fourth-order valence-corrected chi connectivity index (χ4v) is 3.42. The highest BCUT2D eigenvalue weighted by molar-refractivity contribution is 6.32. The van der Waals surface area contributed by atoms with Gasteiger partial charge in [0.2, 0.25) is 6.08 Å². The Morgan fingerprint density at radius 3 is 2.35 bits per heavy atom. The van der Waals surface area contributed by atoms with E-state index in [-0.39, 0.29) is 0 Å². The van der Waals surface area contributed by atoms with E-state index in [4.69, 9.17) is 21.1 Å². The summed E-state index contributed by atoms with van der Waals surface area (Å²) in [6.45, 7) is 1.89. The van der Waals surface area contributed by atoms with Crippen molar-refractivity contribution in [3.05, 3.63) is 22.2 Å². The van der Waals surface area contributed by atoms with Crippen LogP contribution in [0, 0.1) is 6.92 Å². The topological polar surface area (TPSA) is 47.9 Å². The molecule has 1 aliphatic rings. The van der Waals surface area contributed by atoms with Gasteiger partial charge in [-0.1, -0.05) is 24.4 Å². The zero-order valence-corrected chi connectivity index (χ0v) is 12.7. The van der Waals surface area contributed by atoms with Crippen molar-refractivity contribution in [2.45, 2.75) is 38.1 Å². The maximum atomic E-state index is 10.8. The first-order valence-electron chi connectivity index (χ1n) is 6.60. The predicted octanol–water partition coefficient (Wildman–Crippen LogP) is 3.77. The summed E-state index contributed by atoms with van der Waals surface area (Å²) in [7, 11) is 3.18. The second-order valence-corrected chi connectivity index (χ2v) is 5.45. The van der Waals surface area contributed by atoms with Gasteiger partial charge in [0.15, 0.2) is 0 Å². The molecular weight excluding hydrogens is 278 g/mol. The molecule has 0 bridgehead atoms. The van der Waals surface area contributed by atoms with Gasteiger partial charge in [0.1, 0.15) is 17.0 Å². The number of benzene rings is 1. The first-order chi connectivity index (χ1) is 9.59. The van der Waals surface area contributed by atoms with Crippen LogP contribution in [0.3, 0.4) is 0 Å². The molecule has 0 aliphatic heterocycles. The second-order valence-electron chi connectivity index (χ2n) is 5.04. The average molecular weight is 296 g/mol. The van der Waals surface area contributed by atoms with Gasteiger partial charge < -0.3 is 9.47 Å². The van der Waals surface area contributed by atoms with E-state index in [2.05, 4.69) is 4.99 Å². The maximum absolute atomic E-state index is 10.8. The fraction of sp³-hybridized carbons (Fsp3) is 0.533. The van der Waals surface area contributed by atoms with Gasteiger partial charge in [-0.3, -0.25) is 0 Å². The van der Waals surface area contributed by atoms with E-state index >= 15 is 0 Å². The summed E-state index contributed by atoms with van der Waals surface area (Å²) < 4.78 is 10.8. The molecule has 108 valence electrons. The molecule has 0 aromatic heterocycles. The van der Waals surface area contributed by atoms with Gasteiger partial charge in [-0.15, -0.1) is 0 Å². The van der Waals surface area contributed by atoms with Gasteiger partial charge in [-0.25, -0.2) is 4.79 Å². The lowest BCUT2D eigenvalue weighted by atomic mass is 9.86. The molecule has 0 atom stereocenters. The Hall–Kier alpha value is -1.51. The lowest BCUT2D eigenvalue weighted by Crippen LogP contribution is -2.20. The van der Waals surface area contributed by atoms with E-state index < -0.39 is 5.54 Å². The first-order valence-corrected chi connectivity index (χ1v) is 6.98. The fourth-order valence-electron chi connectivity index (χ4n) is 3.09. The van der Waals surface area contributed by atoms with Crippen LogP contribution in [0.1, 0.15) is 36.8 Å². The second kappa shape index (κ2) is 5.86. The van der Waals surface area contributed by atoms with Crippen LogP contribution in [0.4, 0.5) is 0 Å². The number of nitrogens with zero attached hydrogens (tertiary/aromatic N) is 1. The van der Waals surface area contributed by atoms with Crippen LogP contribution in [0.5, 0.6) is 11.5 Å². The smallest absolute Gasteiger partial charge is 0.235 e. The number of rotatable bonds is 4. The summed E-state index contributed by atoms with van der Waals surface area (Å²) in [5.41, 5.74) is 1.11. The third-order valence-electron chi connectivity index (χ3n) is 4.01. The van der Waals surface area contributed by atoms with Crippen LogP contribution >= 0.6 is 11.6 Å². The van der Waals surface area contributed by atoms with Crippen molar-refractivity contribution in [3.8, 4) is 11.5 Å². The molecule has 0 N–H and O–H groups in total. The van der Waals surface area contributed by atoms with E-state index in [1.807, 2.05) is 6.92 Å². The Labute approximate surface area is 123 Å². The molecule has 5 heteroatoms. The maximum Gasteiger partial charge on any atom is 0.235 e. The molecule has 1 fully saturated rings. The highest BCUT2D eigenvalue weighted by Crippen LogP contribution is 2.49. The first kappa shape index (κ1) is 14.9. The highest BCUT2D eigenvalue weighted by Gasteiger charge is 2.39. The van der Waals surface area contributed by atoms with Gasteiger partial charge in [0.05, 0.1) is 19.2 Å². The van der Waals surface area contributed by atoms with Crippen LogP contribution in [0.15, 0.2) is 11.1 Å². The Morgan fingerprint density at radius 1 is 1.25 bits per heavy atom. The number of halogens is 1. The number of carbonyl (C=O) groups excluding carboxylic acids is 1. The van der Waals surface area contributed by atoms with E-state index in [1.54, 1.807) is 26.4 Å². The Kier molecular flexibility index (Phi) is 4.36. The minimum absolute atomic E-state index is 0.508. The van der Waals surface area contributed by atoms with Gasteiger partial charge in [-0.05, 0) is 25.8 Å². The minimum Gasteiger partial charge on any atom is -0.496 e. The van der Waals surface area contributed by atoms with Crippen molar-refractivity contribution in [1.29, 1.82) is 0 Å². The zero-order chi connectivity index (χ0) is 14.8. The summed E-state index contributed by atoms with van der Waals surface area (Å²) in [5.74, 6) is 1.28. The summed E-state index contributed by atoms with van der Waals surface area (Å²) in [6.07, 6.45) is 5.38. The van der Waals surface area contributed by atoms with Crippen LogP contribution in [0.25, 0.3) is 0 Å². The largest absolute Gasteiger partial charge is 0.496 e. The van der Waals surface area contributed by atoms with Crippen molar-refractivity contribution in [3.63, 3.8) is 0 Å². The lowest BCUT2D eigenvalue weighted by Gasteiger charge is -2.27. The molecule has 0 heterocycles. The molecule has 0 unspecified atom stereocenters. The Balaban J connectivity index is 2.69. The molecular formula is C15H18ClNO3. The normalized spacial score (nSPS) is 16.6. The van der Waals surface area contributed by atoms with Crippen molar-refractivity contribution < 1.29 is 14.3 Å².